The van der Waals surface area contributed by atoms with Crippen molar-refractivity contribution in [2.45, 2.75) is 26.2 Å². The van der Waals surface area contributed by atoms with Crippen LogP contribution in [0.3, 0.4) is 0 Å². The minimum Gasteiger partial charge on any atom is -0.493 e. The predicted octanol–water partition coefficient (Wildman–Crippen LogP) is 2.88. The fourth-order valence-corrected chi connectivity index (χ4v) is 3.47. The van der Waals surface area contributed by atoms with Crippen LogP contribution in [0.2, 0.25) is 5.02 Å². The Kier molecular flexibility index (Phi) is 8.00. The van der Waals surface area contributed by atoms with Gasteiger partial charge in [-0.3, -0.25) is 4.79 Å². The molecule has 1 heterocycles. The van der Waals surface area contributed by atoms with Crippen LogP contribution in [0.4, 0.5) is 0 Å². The van der Waals surface area contributed by atoms with Crippen molar-refractivity contribution >= 4 is 17.5 Å². The quantitative estimate of drug-likeness (QED) is 0.685. The average molecular weight is 385 g/mol. The third-order valence-electron chi connectivity index (χ3n) is 4.68. The van der Waals surface area contributed by atoms with Crippen LogP contribution < -0.4 is 20.1 Å². The van der Waals surface area contributed by atoms with E-state index in [1.807, 2.05) is 6.92 Å². The van der Waals surface area contributed by atoms with E-state index in [9.17, 15) is 4.79 Å². The second-order valence-electron chi connectivity index (χ2n) is 6.70. The lowest BCUT2D eigenvalue weighted by Gasteiger charge is -2.37. The van der Waals surface area contributed by atoms with E-state index in [1.165, 1.54) is 7.11 Å². The maximum atomic E-state index is 12.7. The molecule has 146 valence electrons. The lowest BCUT2D eigenvalue weighted by atomic mass is 9.79. The second-order valence-corrected chi connectivity index (χ2v) is 7.11. The monoisotopic (exact) mass is 384 g/mol. The van der Waals surface area contributed by atoms with E-state index in [0.717, 1.165) is 32.4 Å². The zero-order valence-electron chi connectivity index (χ0n) is 15.8. The molecule has 0 unspecified atom stereocenters. The van der Waals surface area contributed by atoms with Crippen molar-refractivity contribution in [3.63, 3.8) is 0 Å². The maximum absolute atomic E-state index is 12.7. The van der Waals surface area contributed by atoms with Crippen molar-refractivity contribution in [1.29, 1.82) is 0 Å². The predicted molar refractivity (Wildman–Crippen MR) is 103 cm³/mol. The van der Waals surface area contributed by atoms with Gasteiger partial charge < -0.3 is 24.8 Å². The van der Waals surface area contributed by atoms with Gasteiger partial charge in [0.15, 0.2) is 11.5 Å². The van der Waals surface area contributed by atoms with Crippen LogP contribution in [-0.4, -0.2) is 53.0 Å². The number of benzene rings is 1. The fourth-order valence-electron chi connectivity index (χ4n) is 3.20. The molecule has 0 radical (unpaired) electrons. The molecule has 0 aromatic heterocycles. The van der Waals surface area contributed by atoms with Crippen LogP contribution in [-0.2, 0) is 4.74 Å². The van der Waals surface area contributed by atoms with Gasteiger partial charge in [0.2, 0.25) is 0 Å². The number of nitrogens with one attached hydrogen (secondary N) is 2. The molecule has 0 saturated carbocycles. The Bertz CT molecular complexity index is 598. The number of halogens is 1. The van der Waals surface area contributed by atoms with Crippen molar-refractivity contribution in [3.8, 4) is 11.5 Å². The molecule has 6 nitrogen and oxygen atoms in total. The summed E-state index contributed by atoms with van der Waals surface area (Å²) in [5, 5.41) is 6.75. The van der Waals surface area contributed by atoms with Gasteiger partial charge in [0.1, 0.15) is 0 Å². The number of carbonyl (C=O) groups is 1. The highest BCUT2D eigenvalue weighted by atomic mass is 35.5. The molecule has 1 saturated heterocycles. The van der Waals surface area contributed by atoms with Gasteiger partial charge in [-0.05, 0) is 44.5 Å². The van der Waals surface area contributed by atoms with Crippen LogP contribution in [0, 0.1) is 5.41 Å². The second kappa shape index (κ2) is 10.00. The van der Waals surface area contributed by atoms with Gasteiger partial charge in [0.05, 0.1) is 25.3 Å². The molecular weight excluding hydrogens is 356 g/mol. The first kappa shape index (κ1) is 20.8. The summed E-state index contributed by atoms with van der Waals surface area (Å²) in [7, 11) is 3.24. The lowest BCUT2D eigenvalue weighted by Crippen LogP contribution is -2.47. The standard InChI is InChI=1S/C19H29ClN2O4/c1-4-9-26-17-15(20)10-14(11-16(17)25-3)18(23)22-12-19(13-24-2)5-7-21-8-6-19/h10-11,21H,4-9,12-13H2,1-3H3,(H,22,23). The van der Waals surface area contributed by atoms with Crippen molar-refractivity contribution < 1.29 is 19.0 Å². The Morgan fingerprint density at radius 1 is 1.31 bits per heavy atom. The van der Waals surface area contributed by atoms with Gasteiger partial charge in [0, 0.05) is 24.6 Å². The number of methoxy groups -OCH3 is 2. The first-order valence-corrected chi connectivity index (χ1v) is 9.41. The molecule has 1 aliphatic rings. The van der Waals surface area contributed by atoms with E-state index in [2.05, 4.69) is 10.6 Å². The van der Waals surface area contributed by atoms with E-state index in [4.69, 9.17) is 25.8 Å². The minimum atomic E-state index is -0.179. The first-order chi connectivity index (χ1) is 12.5. The Balaban J connectivity index is 2.09. The Morgan fingerprint density at radius 2 is 2.04 bits per heavy atom. The van der Waals surface area contributed by atoms with Crippen LogP contribution >= 0.6 is 11.6 Å². The smallest absolute Gasteiger partial charge is 0.251 e. The molecule has 1 amide bonds. The number of hydrogen-bond acceptors (Lipinski definition) is 5. The van der Waals surface area contributed by atoms with E-state index in [1.54, 1.807) is 19.2 Å². The summed E-state index contributed by atoms with van der Waals surface area (Å²) < 4.78 is 16.4. The van der Waals surface area contributed by atoms with Crippen LogP contribution in [0.25, 0.3) is 0 Å². The van der Waals surface area contributed by atoms with Crippen molar-refractivity contribution in [1.82, 2.24) is 10.6 Å². The van der Waals surface area contributed by atoms with Gasteiger partial charge in [-0.1, -0.05) is 18.5 Å². The summed E-state index contributed by atoms with van der Waals surface area (Å²) in [6.45, 7) is 5.61. The summed E-state index contributed by atoms with van der Waals surface area (Å²) in [6.07, 6.45) is 2.79. The van der Waals surface area contributed by atoms with E-state index in [0.29, 0.717) is 41.8 Å². The molecule has 26 heavy (non-hydrogen) atoms. The Morgan fingerprint density at radius 3 is 2.65 bits per heavy atom. The first-order valence-electron chi connectivity index (χ1n) is 9.03. The zero-order chi connectivity index (χ0) is 19.0. The van der Waals surface area contributed by atoms with E-state index in [-0.39, 0.29) is 11.3 Å². The molecule has 1 aliphatic heterocycles. The van der Waals surface area contributed by atoms with Crippen molar-refractivity contribution in [2.75, 3.05) is 47.1 Å². The van der Waals surface area contributed by atoms with E-state index >= 15 is 0 Å². The van der Waals surface area contributed by atoms with Crippen molar-refractivity contribution in [2.24, 2.45) is 5.41 Å². The van der Waals surface area contributed by atoms with Crippen LogP contribution in [0.15, 0.2) is 12.1 Å². The number of piperidine rings is 1. The number of ether oxygens (including phenoxy) is 3. The summed E-state index contributed by atoms with van der Waals surface area (Å²) in [4.78, 5) is 12.7. The molecule has 0 spiro atoms. The SMILES string of the molecule is CCCOc1c(Cl)cc(C(=O)NCC2(COC)CCNCC2)cc1OC. The van der Waals surface area contributed by atoms with Gasteiger partial charge in [0.25, 0.3) is 5.91 Å². The molecule has 1 aromatic carbocycles. The molecule has 0 aliphatic carbocycles. The molecule has 2 rings (SSSR count). The lowest BCUT2D eigenvalue weighted by molar-refractivity contribution is 0.0511. The van der Waals surface area contributed by atoms with Gasteiger partial charge in [-0.25, -0.2) is 0 Å². The van der Waals surface area contributed by atoms with Crippen molar-refractivity contribution in [3.05, 3.63) is 22.7 Å². The third-order valence-corrected chi connectivity index (χ3v) is 4.96. The molecule has 0 atom stereocenters. The third kappa shape index (κ3) is 5.25. The Labute approximate surface area is 160 Å². The molecule has 1 aromatic rings. The summed E-state index contributed by atoms with van der Waals surface area (Å²) >= 11 is 6.31. The topological polar surface area (TPSA) is 68.8 Å². The maximum Gasteiger partial charge on any atom is 0.251 e. The molecular formula is C19H29ClN2O4. The van der Waals surface area contributed by atoms with Gasteiger partial charge in [-0.2, -0.15) is 0 Å². The van der Waals surface area contributed by atoms with E-state index < -0.39 is 0 Å². The number of carbonyl (C=O) groups excluding carboxylic acids is 1. The summed E-state index contributed by atoms with van der Waals surface area (Å²) in [5.41, 5.74) is 0.422. The highest BCUT2D eigenvalue weighted by Gasteiger charge is 2.32. The van der Waals surface area contributed by atoms with Gasteiger partial charge >= 0.3 is 0 Å². The molecule has 2 N–H and O–H groups in total. The van der Waals surface area contributed by atoms with Crippen LogP contribution in [0.5, 0.6) is 11.5 Å². The zero-order valence-corrected chi connectivity index (χ0v) is 16.6. The number of rotatable bonds is 9. The largest absolute Gasteiger partial charge is 0.493 e. The Hall–Kier alpha value is -1.50. The molecule has 0 bridgehead atoms. The highest BCUT2D eigenvalue weighted by molar-refractivity contribution is 6.32. The minimum absolute atomic E-state index is 0.0340. The normalized spacial score (nSPS) is 16.2. The number of amides is 1. The fraction of sp³-hybridized carbons (Fsp3) is 0.632. The average Bonchev–Trinajstić information content (AvgIpc) is 2.65. The summed E-state index contributed by atoms with van der Waals surface area (Å²) in [5.74, 6) is 0.757. The summed E-state index contributed by atoms with van der Waals surface area (Å²) in [6, 6.07) is 3.29. The molecule has 7 heteroatoms. The molecule has 1 fully saturated rings. The van der Waals surface area contributed by atoms with Gasteiger partial charge in [-0.15, -0.1) is 0 Å². The number of hydrogen-bond donors (Lipinski definition) is 2. The van der Waals surface area contributed by atoms with Crippen LogP contribution in [0.1, 0.15) is 36.5 Å². The highest BCUT2D eigenvalue weighted by Crippen LogP contribution is 2.36.